The van der Waals surface area contributed by atoms with E-state index in [1.54, 1.807) is 0 Å². The lowest BCUT2D eigenvalue weighted by atomic mass is 9.72. The van der Waals surface area contributed by atoms with Crippen molar-refractivity contribution < 1.29 is 0 Å². The zero-order chi connectivity index (χ0) is 33.3. The fourth-order valence-electron chi connectivity index (χ4n) is 8.32. The quantitative estimate of drug-likeness (QED) is 0.187. The van der Waals surface area contributed by atoms with Crippen LogP contribution in [0, 0.1) is 0 Å². The van der Waals surface area contributed by atoms with E-state index in [0.717, 1.165) is 5.69 Å². The molecule has 2 aliphatic rings. The fourth-order valence-corrected chi connectivity index (χ4v) is 8.32. The summed E-state index contributed by atoms with van der Waals surface area (Å²) in [5.41, 5.74) is 19.0. The molecule has 0 atom stereocenters. The van der Waals surface area contributed by atoms with Crippen LogP contribution in [-0.4, -0.2) is 0 Å². The molecule has 1 heterocycles. The third-order valence-electron chi connectivity index (χ3n) is 11.1. The van der Waals surface area contributed by atoms with Gasteiger partial charge in [-0.2, -0.15) is 0 Å². The van der Waals surface area contributed by atoms with Gasteiger partial charge in [0.1, 0.15) is 0 Å². The normalized spacial score (nSPS) is 14.8. The summed E-state index contributed by atoms with van der Waals surface area (Å²) in [6.07, 6.45) is 0. The van der Waals surface area contributed by atoms with Gasteiger partial charge in [-0.25, -0.2) is 0 Å². The monoisotopic (exact) mass is 629 g/mol. The molecule has 0 spiro atoms. The van der Waals surface area contributed by atoms with Gasteiger partial charge >= 0.3 is 0 Å². The molecule has 1 aliphatic heterocycles. The highest BCUT2D eigenvalue weighted by Gasteiger charge is 2.38. The molecule has 0 unspecified atom stereocenters. The van der Waals surface area contributed by atoms with Crippen LogP contribution in [0.1, 0.15) is 49.9 Å². The molecule has 0 N–H and O–H groups in total. The van der Waals surface area contributed by atoms with Crippen molar-refractivity contribution in [1.29, 1.82) is 0 Å². The Bertz CT molecular complexity index is 2360. The smallest absolute Gasteiger partial charge is 0.0503 e. The maximum absolute atomic E-state index is 2.46. The Balaban J connectivity index is 1.20. The van der Waals surface area contributed by atoms with E-state index in [-0.39, 0.29) is 10.8 Å². The van der Waals surface area contributed by atoms with E-state index in [9.17, 15) is 0 Å². The highest BCUT2D eigenvalue weighted by atomic mass is 15.2. The third-order valence-corrected chi connectivity index (χ3v) is 11.1. The van der Waals surface area contributed by atoms with E-state index in [4.69, 9.17) is 0 Å². The second-order valence-electron chi connectivity index (χ2n) is 14.6. The predicted octanol–water partition coefficient (Wildman–Crippen LogP) is 13.1. The van der Waals surface area contributed by atoms with Crippen molar-refractivity contribution in [2.45, 2.75) is 38.5 Å². The topological polar surface area (TPSA) is 3.24 Å². The molecule has 0 amide bonds. The van der Waals surface area contributed by atoms with Gasteiger partial charge in [0.25, 0.3) is 0 Å². The maximum atomic E-state index is 2.46. The SMILES string of the molecule is CC1(C)c2ccccc2-c2ccc(-c3ccc4c(c3)C(C)(C)c3cc(-c5ccccc5)ccc3N4c3ccc(-c4ccccc4)cc3)cc21. The van der Waals surface area contributed by atoms with E-state index in [0.29, 0.717) is 0 Å². The van der Waals surface area contributed by atoms with Gasteiger partial charge in [-0.15, -0.1) is 0 Å². The number of benzene rings is 7. The zero-order valence-electron chi connectivity index (χ0n) is 28.5. The highest BCUT2D eigenvalue weighted by molar-refractivity contribution is 5.90. The number of hydrogen-bond donors (Lipinski definition) is 0. The molecule has 0 saturated carbocycles. The van der Waals surface area contributed by atoms with Crippen molar-refractivity contribution in [3.63, 3.8) is 0 Å². The number of rotatable bonds is 4. The molecule has 236 valence electrons. The summed E-state index contributed by atoms with van der Waals surface area (Å²) in [5.74, 6) is 0. The average molecular weight is 630 g/mol. The van der Waals surface area contributed by atoms with E-state index in [2.05, 4.69) is 196 Å². The van der Waals surface area contributed by atoms with Gasteiger partial charge in [0.2, 0.25) is 0 Å². The molecular formula is C48H39N. The van der Waals surface area contributed by atoms with Crippen LogP contribution >= 0.6 is 0 Å². The third kappa shape index (κ3) is 4.60. The Morgan fingerprint density at radius 3 is 1.35 bits per heavy atom. The molecule has 0 saturated heterocycles. The molecule has 1 heteroatoms. The minimum atomic E-state index is -0.224. The molecular weight excluding hydrogens is 591 g/mol. The first kappa shape index (κ1) is 29.5. The lowest BCUT2D eigenvalue weighted by molar-refractivity contribution is 0.632. The highest BCUT2D eigenvalue weighted by Crippen LogP contribution is 2.54. The van der Waals surface area contributed by atoms with Crippen molar-refractivity contribution in [2.75, 3.05) is 4.90 Å². The first-order valence-corrected chi connectivity index (χ1v) is 17.4. The molecule has 7 aromatic carbocycles. The molecule has 49 heavy (non-hydrogen) atoms. The number of nitrogens with zero attached hydrogens (tertiary/aromatic N) is 1. The Labute approximate surface area is 290 Å². The Morgan fingerprint density at radius 2 is 0.735 bits per heavy atom. The predicted molar refractivity (Wildman–Crippen MR) is 207 cm³/mol. The molecule has 1 aliphatic carbocycles. The molecule has 9 rings (SSSR count). The van der Waals surface area contributed by atoms with Crippen LogP contribution < -0.4 is 4.90 Å². The second kappa shape index (κ2) is 10.9. The lowest BCUT2D eigenvalue weighted by Crippen LogP contribution is -2.30. The minimum Gasteiger partial charge on any atom is -0.310 e. The maximum Gasteiger partial charge on any atom is 0.0503 e. The molecule has 0 bridgehead atoms. The summed E-state index contributed by atoms with van der Waals surface area (Å²) in [4.78, 5) is 2.46. The Hall–Kier alpha value is -5.66. The first-order valence-electron chi connectivity index (χ1n) is 17.4. The van der Waals surface area contributed by atoms with Gasteiger partial charge in [-0.1, -0.05) is 149 Å². The average Bonchev–Trinajstić information content (AvgIpc) is 3.38. The summed E-state index contributed by atoms with van der Waals surface area (Å²) in [6.45, 7) is 9.50. The van der Waals surface area contributed by atoms with Crippen LogP contribution in [0.5, 0.6) is 0 Å². The van der Waals surface area contributed by atoms with Crippen molar-refractivity contribution >= 4 is 17.1 Å². The number of hydrogen-bond acceptors (Lipinski definition) is 1. The fraction of sp³-hybridized carbons (Fsp3) is 0.125. The van der Waals surface area contributed by atoms with E-state index in [1.165, 1.54) is 78.1 Å². The summed E-state index contributed by atoms with van der Waals surface area (Å²) < 4.78 is 0. The van der Waals surface area contributed by atoms with E-state index < -0.39 is 0 Å². The Morgan fingerprint density at radius 1 is 0.327 bits per heavy atom. The van der Waals surface area contributed by atoms with Gasteiger partial charge in [0.15, 0.2) is 0 Å². The van der Waals surface area contributed by atoms with Crippen LogP contribution in [0.25, 0.3) is 44.5 Å². The van der Waals surface area contributed by atoms with Crippen LogP contribution in [0.2, 0.25) is 0 Å². The Kier molecular flexibility index (Phi) is 6.58. The van der Waals surface area contributed by atoms with Crippen LogP contribution in [0.15, 0.2) is 164 Å². The lowest BCUT2D eigenvalue weighted by Gasteiger charge is -2.42. The summed E-state index contributed by atoms with van der Waals surface area (Å²) >= 11 is 0. The van der Waals surface area contributed by atoms with E-state index >= 15 is 0 Å². The van der Waals surface area contributed by atoms with Gasteiger partial charge in [0.05, 0.1) is 11.4 Å². The van der Waals surface area contributed by atoms with Crippen molar-refractivity contribution in [3.05, 3.63) is 186 Å². The standard InChI is InChI=1S/C48H39N/c1-47(2)41-18-12-11-17-39(41)40-26-21-36(29-42(40)47)37-23-28-46-44(31-37)48(3,4)43-30-35(33-15-9-6-10-16-33)22-27-45(43)49(46)38-24-19-34(20-25-38)32-13-7-5-8-14-32/h5-31H,1-4H3. The molecule has 0 radical (unpaired) electrons. The van der Waals surface area contributed by atoms with Gasteiger partial charge in [0, 0.05) is 16.5 Å². The number of anilines is 3. The second-order valence-corrected chi connectivity index (χ2v) is 14.6. The van der Waals surface area contributed by atoms with E-state index in [1.807, 2.05) is 0 Å². The van der Waals surface area contributed by atoms with Crippen LogP contribution in [0.3, 0.4) is 0 Å². The zero-order valence-corrected chi connectivity index (χ0v) is 28.5. The van der Waals surface area contributed by atoms with Crippen LogP contribution in [0.4, 0.5) is 17.1 Å². The summed E-state index contributed by atoms with van der Waals surface area (Å²) in [7, 11) is 0. The van der Waals surface area contributed by atoms with Crippen LogP contribution in [-0.2, 0) is 10.8 Å². The summed E-state index contributed by atoms with van der Waals surface area (Å²) in [6, 6.07) is 60.5. The number of fused-ring (bicyclic) bond motifs is 5. The molecule has 0 aromatic heterocycles. The minimum absolute atomic E-state index is 0.0368. The molecule has 7 aromatic rings. The first-order chi connectivity index (χ1) is 23.8. The van der Waals surface area contributed by atoms with Gasteiger partial charge < -0.3 is 4.90 Å². The van der Waals surface area contributed by atoms with Gasteiger partial charge in [-0.3, -0.25) is 0 Å². The van der Waals surface area contributed by atoms with Crippen molar-refractivity contribution in [3.8, 4) is 44.5 Å². The van der Waals surface area contributed by atoms with Crippen molar-refractivity contribution in [1.82, 2.24) is 0 Å². The largest absolute Gasteiger partial charge is 0.310 e. The summed E-state index contributed by atoms with van der Waals surface area (Å²) in [5, 5.41) is 0. The molecule has 1 nitrogen and oxygen atoms in total. The molecule has 0 fully saturated rings. The van der Waals surface area contributed by atoms with Crippen molar-refractivity contribution in [2.24, 2.45) is 0 Å². The van der Waals surface area contributed by atoms with Gasteiger partial charge in [-0.05, 0) is 109 Å².